The molecule has 1 aliphatic heterocycles. The molecule has 0 aromatic rings. The van der Waals surface area contributed by atoms with Crippen molar-refractivity contribution in [2.45, 2.75) is 26.1 Å². The maximum Gasteiger partial charge on any atom is 0.226 e. The molecule has 2 nitrogen and oxygen atoms in total. The third-order valence-corrected chi connectivity index (χ3v) is 3.06. The molecule has 0 aromatic carbocycles. The second-order valence-electron chi connectivity index (χ2n) is 3.16. The van der Waals surface area contributed by atoms with Gasteiger partial charge in [0.25, 0.3) is 0 Å². The number of hydrogen-bond donors (Lipinski definition) is 0. The summed E-state index contributed by atoms with van der Waals surface area (Å²) in [7, 11) is 0. The Kier molecular flexibility index (Phi) is 2.82. The van der Waals surface area contributed by atoms with Crippen LogP contribution >= 0.6 is 11.8 Å². The third-order valence-electron chi connectivity index (χ3n) is 1.91. The maximum absolute atomic E-state index is 11.5. The maximum atomic E-state index is 11.5. The summed E-state index contributed by atoms with van der Waals surface area (Å²) in [5, 5.41) is 0.393. The summed E-state index contributed by atoms with van der Waals surface area (Å²) >= 11 is 1.86. The standard InChI is InChI=1S/C8H15NOS/c1-6(2)8(10)9-4-5-11-7(9)3/h6-7H,4-5H2,1-3H3. The molecule has 1 rings (SSSR count). The molecule has 3 heteroatoms. The lowest BCUT2D eigenvalue weighted by atomic mass is 10.2. The summed E-state index contributed by atoms with van der Waals surface area (Å²) in [5.41, 5.74) is 0. The summed E-state index contributed by atoms with van der Waals surface area (Å²) < 4.78 is 0. The fourth-order valence-electron chi connectivity index (χ4n) is 1.21. The number of carbonyl (C=O) groups is 1. The van der Waals surface area contributed by atoms with Gasteiger partial charge in [0.2, 0.25) is 5.91 Å². The van der Waals surface area contributed by atoms with Crippen LogP contribution in [0, 0.1) is 5.92 Å². The van der Waals surface area contributed by atoms with E-state index in [1.165, 1.54) is 0 Å². The monoisotopic (exact) mass is 173 g/mol. The molecule has 1 atom stereocenters. The molecule has 0 aliphatic carbocycles. The molecule has 64 valence electrons. The zero-order valence-electron chi connectivity index (χ0n) is 7.33. The quantitative estimate of drug-likeness (QED) is 0.600. The summed E-state index contributed by atoms with van der Waals surface area (Å²) in [5.74, 6) is 1.54. The zero-order chi connectivity index (χ0) is 8.43. The van der Waals surface area contributed by atoms with Gasteiger partial charge in [0.05, 0.1) is 5.37 Å². The zero-order valence-corrected chi connectivity index (χ0v) is 8.15. The molecule has 0 aromatic heterocycles. The van der Waals surface area contributed by atoms with Crippen molar-refractivity contribution in [2.75, 3.05) is 12.3 Å². The Morgan fingerprint density at radius 1 is 1.64 bits per heavy atom. The van der Waals surface area contributed by atoms with Gasteiger partial charge < -0.3 is 4.90 Å². The summed E-state index contributed by atoms with van der Waals surface area (Å²) in [4.78, 5) is 13.4. The van der Waals surface area contributed by atoms with Crippen LogP contribution in [0.5, 0.6) is 0 Å². The molecule has 1 unspecified atom stereocenters. The van der Waals surface area contributed by atoms with Crippen molar-refractivity contribution in [3.05, 3.63) is 0 Å². The number of amides is 1. The van der Waals surface area contributed by atoms with E-state index < -0.39 is 0 Å². The van der Waals surface area contributed by atoms with Crippen LogP contribution in [0.3, 0.4) is 0 Å². The normalized spacial score (nSPS) is 24.7. The van der Waals surface area contributed by atoms with E-state index in [2.05, 4.69) is 6.92 Å². The first-order valence-corrected chi connectivity index (χ1v) is 5.10. The van der Waals surface area contributed by atoms with Crippen LogP contribution in [0.2, 0.25) is 0 Å². The van der Waals surface area contributed by atoms with Crippen LogP contribution in [-0.4, -0.2) is 28.5 Å². The number of nitrogens with zero attached hydrogens (tertiary/aromatic N) is 1. The van der Waals surface area contributed by atoms with Crippen molar-refractivity contribution in [1.82, 2.24) is 4.90 Å². The molecule has 1 amide bonds. The average Bonchev–Trinajstić information content (AvgIpc) is 2.33. The van der Waals surface area contributed by atoms with Crippen molar-refractivity contribution >= 4 is 17.7 Å². The first-order valence-electron chi connectivity index (χ1n) is 4.05. The van der Waals surface area contributed by atoms with Gasteiger partial charge in [-0.2, -0.15) is 0 Å². The fraction of sp³-hybridized carbons (Fsp3) is 0.875. The Morgan fingerprint density at radius 3 is 2.64 bits per heavy atom. The molecule has 11 heavy (non-hydrogen) atoms. The lowest BCUT2D eigenvalue weighted by molar-refractivity contribution is -0.134. The van der Waals surface area contributed by atoms with Gasteiger partial charge in [-0.25, -0.2) is 0 Å². The van der Waals surface area contributed by atoms with Crippen molar-refractivity contribution in [2.24, 2.45) is 5.92 Å². The van der Waals surface area contributed by atoms with Gasteiger partial charge in [-0.05, 0) is 6.92 Å². The van der Waals surface area contributed by atoms with Crippen molar-refractivity contribution in [3.63, 3.8) is 0 Å². The van der Waals surface area contributed by atoms with E-state index in [1.54, 1.807) is 0 Å². The van der Waals surface area contributed by atoms with E-state index in [-0.39, 0.29) is 5.92 Å². The number of carbonyl (C=O) groups excluding carboxylic acids is 1. The Hall–Kier alpha value is -0.180. The molecular weight excluding hydrogens is 158 g/mol. The molecule has 0 spiro atoms. The third kappa shape index (κ3) is 1.89. The molecule has 1 fully saturated rings. The molecular formula is C8H15NOS. The first-order chi connectivity index (χ1) is 5.13. The van der Waals surface area contributed by atoms with E-state index >= 15 is 0 Å². The van der Waals surface area contributed by atoms with Gasteiger partial charge in [0, 0.05) is 18.2 Å². The van der Waals surface area contributed by atoms with Crippen molar-refractivity contribution in [3.8, 4) is 0 Å². The van der Waals surface area contributed by atoms with Crippen LogP contribution in [0.25, 0.3) is 0 Å². The molecule has 1 aliphatic rings. The highest BCUT2D eigenvalue weighted by Gasteiger charge is 2.26. The van der Waals surface area contributed by atoms with Crippen molar-refractivity contribution < 1.29 is 4.79 Å². The number of thioether (sulfide) groups is 1. The predicted molar refractivity (Wildman–Crippen MR) is 48.5 cm³/mol. The first kappa shape index (κ1) is 8.91. The molecule has 0 radical (unpaired) electrons. The second kappa shape index (κ2) is 3.48. The molecule has 0 bridgehead atoms. The SMILES string of the molecule is CC(C)C(=O)N1CCSC1C. The summed E-state index contributed by atoms with van der Waals surface area (Å²) in [6, 6.07) is 0. The van der Waals surface area contributed by atoms with E-state index in [1.807, 2.05) is 30.5 Å². The van der Waals surface area contributed by atoms with Crippen molar-refractivity contribution in [1.29, 1.82) is 0 Å². The lowest BCUT2D eigenvalue weighted by Crippen LogP contribution is -2.36. The van der Waals surface area contributed by atoms with Crippen LogP contribution in [0.1, 0.15) is 20.8 Å². The topological polar surface area (TPSA) is 20.3 Å². The van der Waals surface area contributed by atoms with E-state index in [0.717, 1.165) is 12.3 Å². The molecule has 1 heterocycles. The number of hydrogen-bond acceptors (Lipinski definition) is 2. The van der Waals surface area contributed by atoms with Gasteiger partial charge in [-0.3, -0.25) is 4.79 Å². The minimum absolute atomic E-state index is 0.149. The van der Waals surface area contributed by atoms with Crippen LogP contribution in [-0.2, 0) is 4.79 Å². The lowest BCUT2D eigenvalue weighted by Gasteiger charge is -2.22. The van der Waals surface area contributed by atoms with E-state index in [9.17, 15) is 4.79 Å². The Labute approximate surface area is 72.3 Å². The minimum atomic E-state index is 0.149. The van der Waals surface area contributed by atoms with E-state index in [0.29, 0.717) is 11.3 Å². The van der Waals surface area contributed by atoms with Gasteiger partial charge in [0.1, 0.15) is 0 Å². The Bertz CT molecular complexity index is 158. The summed E-state index contributed by atoms with van der Waals surface area (Å²) in [6.07, 6.45) is 0. The summed E-state index contributed by atoms with van der Waals surface area (Å²) in [6.45, 7) is 6.94. The average molecular weight is 173 g/mol. The van der Waals surface area contributed by atoms with Crippen LogP contribution in [0.15, 0.2) is 0 Å². The van der Waals surface area contributed by atoms with Gasteiger partial charge in [-0.1, -0.05) is 13.8 Å². The van der Waals surface area contributed by atoms with E-state index in [4.69, 9.17) is 0 Å². The highest BCUT2D eigenvalue weighted by Crippen LogP contribution is 2.24. The molecule has 1 saturated heterocycles. The highest BCUT2D eigenvalue weighted by atomic mass is 32.2. The Balaban J connectivity index is 2.53. The van der Waals surface area contributed by atoms with Crippen LogP contribution < -0.4 is 0 Å². The van der Waals surface area contributed by atoms with Crippen LogP contribution in [0.4, 0.5) is 0 Å². The molecule has 0 N–H and O–H groups in total. The predicted octanol–water partition coefficient (Wildman–Crippen LogP) is 1.56. The highest BCUT2D eigenvalue weighted by molar-refractivity contribution is 8.00. The minimum Gasteiger partial charge on any atom is -0.330 e. The smallest absolute Gasteiger partial charge is 0.226 e. The largest absolute Gasteiger partial charge is 0.330 e. The fourth-order valence-corrected chi connectivity index (χ4v) is 2.25. The van der Waals surface area contributed by atoms with Gasteiger partial charge in [0.15, 0.2) is 0 Å². The Morgan fingerprint density at radius 2 is 2.27 bits per heavy atom. The van der Waals surface area contributed by atoms with Gasteiger partial charge in [-0.15, -0.1) is 11.8 Å². The molecule has 0 saturated carbocycles. The second-order valence-corrected chi connectivity index (χ2v) is 4.58. The number of rotatable bonds is 1. The van der Waals surface area contributed by atoms with Gasteiger partial charge >= 0.3 is 0 Å².